The van der Waals surface area contributed by atoms with Crippen LogP contribution in [0.4, 0.5) is 18.9 Å². The van der Waals surface area contributed by atoms with Gasteiger partial charge in [0.2, 0.25) is 0 Å². The zero-order valence-corrected chi connectivity index (χ0v) is 18.3. The molecule has 1 N–H and O–H groups in total. The van der Waals surface area contributed by atoms with Gasteiger partial charge < -0.3 is 19.5 Å². The Morgan fingerprint density at radius 3 is 2.59 bits per heavy atom. The maximum atomic E-state index is 13.8. The van der Waals surface area contributed by atoms with Crippen LogP contribution in [0.2, 0.25) is 25.7 Å². The van der Waals surface area contributed by atoms with Crippen molar-refractivity contribution >= 4 is 13.8 Å². The van der Waals surface area contributed by atoms with Crippen molar-refractivity contribution in [2.75, 3.05) is 38.4 Å². The first kappa shape index (κ1) is 23.8. The minimum Gasteiger partial charge on any atom is -0.394 e. The van der Waals surface area contributed by atoms with E-state index in [2.05, 4.69) is 24.7 Å². The highest BCUT2D eigenvalue weighted by Gasteiger charge is 2.42. The molecule has 2 rings (SSSR count). The summed E-state index contributed by atoms with van der Waals surface area (Å²) in [4.78, 5) is 14.0. The molecule has 0 aromatic carbocycles. The van der Waals surface area contributed by atoms with Gasteiger partial charge in [-0.3, -0.25) is 4.79 Å². The summed E-state index contributed by atoms with van der Waals surface area (Å²) in [6, 6.07) is 0.306. The standard InChI is InChI=1S/C18H30F3N3O4Si/c1-27-11-13-7-14(10-25)23(9-13)15-8-22-24(12-28-5-6-29(2,3)4)17(26)16(15)18(19,20)21/h8,13-14,25H,5-7,9-12H2,1-4H3/t13?,14-/m0/s1. The van der Waals surface area contributed by atoms with E-state index in [4.69, 9.17) is 9.47 Å². The molecule has 1 unspecified atom stereocenters. The molecule has 1 aromatic heterocycles. The molecule has 1 aromatic rings. The van der Waals surface area contributed by atoms with Crippen LogP contribution in [0.15, 0.2) is 11.0 Å². The van der Waals surface area contributed by atoms with Crippen molar-refractivity contribution in [2.45, 2.75) is 51.1 Å². The molecule has 0 bridgehead atoms. The number of aromatic nitrogens is 2. The van der Waals surface area contributed by atoms with Crippen molar-refractivity contribution in [1.82, 2.24) is 9.78 Å². The number of rotatable bonds is 9. The van der Waals surface area contributed by atoms with E-state index in [0.717, 1.165) is 12.2 Å². The van der Waals surface area contributed by atoms with Gasteiger partial charge in [0.05, 0.1) is 31.1 Å². The number of halogens is 3. The van der Waals surface area contributed by atoms with Crippen LogP contribution >= 0.6 is 0 Å². The van der Waals surface area contributed by atoms with Crippen LogP contribution in [0.3, 0.4) is 0 Å². The second-order valence-electron chi connectivity index (χ2n) is 8.60. The molecule has 0 saturated carbocycles. The normalized spacial score (nSPS) is 20.5. The third-order valence-corrected chi connectivity index (χ3v) is 6.65. The summed E-state index contributed by atoms with van der Waals surface area (Å²) in [5.41, 5.74) is -2.83. The fourth-order valence-corrected chi connectivity index (χ4v) is 4.18. The molecule has 2 atom stereocenters. The molecule has 2 heterocycles. The fraction of sp³-hybridized carbons (Fsp3) is 0.778. The minimum absolute atomic E-state index is 0.0365. The predicted octanol–water partition coefficient (Wildman–Crippen LogP) is 2.41. The number of ether oxygens (including phenoxy) is 2. The van der Waals surface area contributed by atoms with Gasteiger partial charge in [-0.1, -0.05) is 19.6 Å². The predicted molar refractivity (Wildman–Crippen MR) is 106 cm³/mol. The molecule has 0 aliphatic carbocycles. The first-order valence-corrected chi connectivity index (χ1v) is 13.3. The lowest BCUT2D eigenvalue weighted by Gasteiger charge is -2.27. The molecule has 1 fully saturated rings. The van der Waals surface area contributed by atoms with E-state index < -0.39 is 31.4 Å². The van der Waals surface area contributed by atoms with Crippen LogP contribution < -0.4 is 10.5 Å². The summed E-state index contributed by atoms with van der Waals surface area (Å²) >= 11 is 0. The Morgan fingerprint density at radius 2 is 2.03 bits per heavy atom. The Hall–Kier alpha value is -1.43. The quantitative estimate of drug-likeness (QED) is 0.472. The van der Waals surface area contributed by atoms with Crippen LogP contribution in [0, 0.1) is 5.92 Å². The largest absolute Gasteiger partial charge is 0.423 e. The summed E-state index contributed by atoms with van der Waals surface area (Å²) < 4.78 is 52.5. The van der Waals surface area contributed by atoms with Gasteiger partial charge in [-0.2, -0.15) is 18.3 Å². The van der Waals surface area contributed by atoms with E-state index in [-0.39, 0.29) is 31.5 Å². The van der Waals surface area contributed by atoms with Crippen molar-refractivity contribution in [2.24, 2.45) is 5.92 Å². The molecule has 166 valence electrons. The van der Waals surface area contributed by atoms with Gasteiger partial charge in [-0.15, -0.1) is 0 Å². The number of nitrogens with zero attached hydrogens (tertiary/aromatic N) is 3. The van der Waals surface area contributed by atoms with Crippen LogP contribution in [0.1, 0.15) is 12.0 Å². The maximum Gasteiger partial charge on any atom is 0.423 e. The Bertz CT molecular complexity index is 737. The van der Waals surface area contributed by atoms with Crippen LogP contribution in [-0.4, -0.2) is 62.5 Å². The van der Waals surface area contributed by atoms with Crippen molar-refractivity contribution in [3.05, 3.63) is 22.1 Å². The highest BCUT2D eigenvalue weighted by molar-refractivity contribution is 6.76. The zero-order valence-electron chi connectivity index (χ0n) is 17.3. The number of hydrogen-bond acceptors (Lipinski definition) is 6. The number of hydrogen-bond donors (Lipinski definition) is 1. The van der Waals surface area contributed by atoms with Gasteiger partial charge in [0.25, 0.3) is 5.56 Å². The molecule has 29 heavy (non-hydrogen) atoms. The first-order valence-electron chi connectivity index (χ1n) is 9.59. The van der Waals surface area contributed by atoms with Crippen molar-refractivity contribution in [3.63, 3.8) is 0 Å². The monoisotopic (exact) mass is 437 g/mol. The average Bonchev–Trinajstić information content (AvgIpc) is 3.00. The summed E-state index contributed by atoms with van der Waals surface area (Å²) in [6.45, 7) is 6.79. The molecular weight excluding hydrogens is 407 g/mol. The Kier molecular flexibility index (Phi) is 7.88. The van der Waals surface area contributed by atoms with Gasteiger partial charge in [-0.05, 0) is 12.5 Å². The van der Waals surface area contributed by atoms with Crippen LogP contribution in [0.25, 0.3) is 0 Å². The Morgan fingerprint density at radius 1 is 1.34 bits per heavy atom. The SMILES string of the molecule is COCC1C[C@@H](CO)N(c2cnn(COCC[Si](C)(C)C)c(=O)c2C(F)(F)F)C1. The van der Waals surface area contributed by atoms with Crippen LogP contribution in [0.5, 0.6) is 0 Å². The van der Waals surface area contributed by atoms with Gasteiger partial charge >= 0.3 is 6.18 Å². The third-order valence-electron chi connectivity index (χ3n) is 4.94. The molecule has 0 spiro atoms. The molecular formula is C18H30F3N3O4Si. The second-order valence-corrected chi connectivity index (χ2v) is 14.2. The zero-order chi connectivity index (χ0) is 21.8. The second kappa shape index (κ2) is 9.58. The molecule has 1 aliphatic rings. The van der Waals surface area contributed by atoms with Gasteiger partial charge in [0.1, 0.15) is 12.3 Å². The fourth-order valence-electron chi connectivity index (χ4n) is 3.42. The van der Waals surface area contributed by atoms with E-state index in [1.54, 1.807) is 0 Å². The molecule has 0 radical (unpaired) electrons. The highest BCUT2D eigenvalue weighted by Crippen LogP contribution is 2.37. The lowest BCUT2D eigenvalue weighted by molar-refractivity contribution is -0.138. The highest BCUT2D eigenvalue weighted by atomic mass is 28.3. The number of methoxy groups -OCH3 is 1. The molecule has 11 heteroatoms. The molecule has 0 amide bonds. The third kappa shape index (κ3) is 6.27. The van der Waals surface area contributed by atoms with E-state index in [1.165, 1.54) is 12.0 Å². The molecule has 1 saturated heterocycles. The van der Waals surface area contributed by atoms with E-state index in [1.807, 2.05) is 0 Å². The topological polar surface area (TPSA) is 76.8 Å². The minimum atomic E-state index is -4.85. The maximum absolute atomic E-state index is 13.8. The lowest BCUT2D eigenvalue weighted by Crippen LogP contribution is -2.39. The van der Waals surface area contributed by atoms with Crippen LogP contribution in [-0.2, 0) is 22.4 Å². The molecule has 1 aliphatic heterocycles. The smallest absolute Gasteiger partial charge is 0.394 e. The Labute approximate surface area is 169 Å². The van der Waals surface area contributed by atoms with Gasteiger partial charge in [-0.25, -0.2) is 4.68 Å². The van der Waals surface area contributed by atoms with Crippen molar-refractivity contribution in [1.29, 1.82) is 0 Å². The number of aliphatic hydroxyl groups is 1. The molecule has 7 nitrogen and oxygen atoms in total. The lowest BCUT2D eigenvalue weighted by atomic mass is 10.1. The van der Waals surface area contributed by atoms with Gasteiger partial charge in [0, 0.05) is 34.3 Å². The van der Waals surface area contributed by atoms with Gasteiger partial charge in [0.15, 0.2) is 0 Å². The first-order chi connectivity index (χ1) is 13.5. The summed E-state index contributed by atoms with van der Waals surface area (Å²) in [5, 5.41) is 13.5. The Balaban J connectivity index is 2.30. The summed E-state index contributed by atoms with van der Waals surface area (Å²) in [7, 11) is 0.161. The number of aliphatic hydroxyl groups excluding tert-OH is 1. The number of anilines is 1. The summed E-state index contributed by atoms with van der Waals surface area (Å²) in [5.74, 6) is -0.0365. The summed E-state index contributed by atoms with van der Waals surface area (Å²) in [6.07, 6.45) is -3.33. The number of alkyl halides is 3. The van der Waals surface area contributed by atoms with E-state index >= 15 is 0 Å². The van der Waals surface area contributed by atoms with E-state index in [9.17, 15) is 23.1 Å². The van der Waals surface area contributed by atoms with E-state index in [0.29, 0.717) is 24.3 Å². The van der Waals surface area contributed by atoms with Crippen molar-refractivity contribution in [3.8, 4) is 0 Å². The average molecular weight is 438 g/mol. The van der Waals surface area contributed by atoms with Crippen molar-refractivity contribution < 1.29 is 27.8 Å².